The number of ether oxygens (including phenoxy) is 1. The summed E-state index contributed by atoms with van der Waals surface area (Å²) in [6.07, 6.45) is 1.48. The van der Waals surface area contributed by atoms with E-state index in [1.807, 2.05) is 97.1 Å². The first-order valence-electron chi connectivity index (χ1n) is 15.5. The molecule has 0 spiro atoms. The molecule has 2 amide bonds. The molecule has 0 unspecified atom stereocenters. The van der Waals surface area contributed by atoms with Crippen molar-refractivity contribution in [3.8, 4) is 28.2 Å². The minimum atomic E-state index is -0.533. The summed E-state index contributed by atoms with van der Waals surface area (Å²) in [6, 6.07) is 44.4. The van der Waals surface area contributed by atoms with Gasteiger partial charge >= 0.3 is 0 Å². The predicted molar refractivity (Wildman–Crippen MR) is 195 cm³/mol. The second-order valence-electron chi connectivity index (χ2n) is 10.9. The average Bonchev–Trinajstić information content (AvgIpc) is 3.63. The number of carbonyl (C=O) groups is 3. The summed E-state index contributed by atoms with van der Waals surface area (Å²) in [5, 5.41) is 5.58. The van der Waals surface area contributed by atoms with Gasteiger partial charge in [0.25, 0.3) is 11.8 Å². The number of ketones is 1. The number of hydrogen-bond donors (Lipinski definition) is 2. The molecule has 8 heteroatoms. The lowest BCUT2D eigenvalue weighted by Gasteiger charge is -2.11. The highest BCUT2D eigenvalue weighted by Gasteiger charge is 2.17. The normalized spacial score (nSPS) is 11.1. The quantitative estimate of drug-likeness (QED) is 0.0770. The van der Waals surface area contributed by atoms with Gasteiger partial charge in [0.05, 0.1) is 18.4 Å². The van der Waals surface area contributed by atoms with E-state index in [1.165, 1.54) is 17.8 Å². The first-order valence-corrected chi connectivity index (χ1v) is 16.5. The van der Waals surface area contributed by atoms with Gasteiger partial charge in [0.15, 0.2) is 5.78 Å². The van der Waals surface area contributed by atoms with Crippen LogP contribution in [0.5, 0.6) is 5.75 Å². The Kier molecular flexibility index (Phi) is 10.5. The van der Waals surface area contributed by atoms with Crippen LogP contribution in [-0.4, -0.2) is 30.5 Å². The Morgan fingerprint density at radius 2 is 1.35 bits per heavy atom. The molecule has 0 radical (unpaired) electrons. The second-order valence-corrected chi connectivity index (χ2v) is 12.0. The predicted octanol–water partition coefficient (Wildman–Crippen LogP) is 9.01. The molecule has 0 bridgehead atoms. The van der Waals surface area contributed by atoms with Crippen LogP contribution in [0.15, 0.2) is 161 Å². The summed E-state index contributed by atoms with van der Waals surface area (Å²) in [5.41, 5.74) is 4.48. The smallest absolute Gasteiger partial charge is 0.272 e. The topological polar surface area (TPSA) is 97.6 Å². The Morgan fingerprint density at radius 3 is 2.06 bits per heavy atom. The number of amides is 2. The fourth-order valence-electron chi connectivity index (χ4n) is 5.05. The molecule has 6 rings (SSSR count). The van der Waals surface area contributed by atoms with Crippen LogP contribution < -0.4 is 15.4 Å². The van der Waals surface area contributed by atoms with Crippen molar-refractivity contribution in [3.05, 3.63) is 168 Å². The highest BCUT2D eigenvalue weighted by Crippen LogP contribution is 2.31. The van der Waals surface area contributed by atoms with E-state index in [9.17, 15) is 14.4 Å². The van der Waals surface area contributed by atoms with E-state index in [0.29, 0.717) is 34.1 Å². The summed E-state index contributed by atoms with van der Waals surface area (Å²) in [6.45, 7) is 0. The lowest BCUT2D eigenvalue weighted by atomic mass is 10.0. The Bertz CT molecular complexity index is 2090. The van der Waals surface area contributed by atoms with Crippen molar-refractivity contribution >= 4 is 41.1 Å². The van der Waals surface area contributed by atoms with E-state index in [4.69, 9.17) is 9.15 Å². The van der Waals surface area contributed by atoms with E-state index in [-0.39, 0.29) is 17.2 Å². The van der Waals surface area contributed by atoms with Crippen LogP contribution in [0.25, 0.3) is 28.5 Å². The average molecular weight is 665 g/mol. The van der Waals surface area contributed by atoms with Crippen LogP contribution in [0.1, 0.15) is 26.5 Å². The third-order valence-electron chi connectivity index (χ3n) is 7.61. The first-order chi connectivity index (χ1) is 24.0. The summed E-state index contributed by atoms with van der Waals surface area (Å²) < 4.78 is 11.5. The highest BCUT2D eigenvalue weighted by molar-refractivity contribution is 8.00. The van der Waals surface area contributed by atoms with E-state index < -0.39 is 11.8 Å². The Balaban J connectivity index is 1.13. The third kappa shape index (κ3) is 8.43. The molecule has 0 saturated heterocycles. The van der Waals surface area contributed by atoms with Gasteiger partial charge in [0.2, 0.25) is 0 Å². The zero-order valence-electron chi connectivity index (χ0n) is 26.6. The van der Waals surface area contributed by atoms with Crippen molar-refractivity contribution in [1.29, 1.82) is 0 Å². The minimum Gasteiger partial charge on any atom is -0.496 e. The molecule has 0 aliphatic rings. The number of furan rings is 1. The molecule has 6 aromatic rings. The summed E-state index contributed by atoms with van der Waals surface area (Å²) >= 11 is 1.42. The molecule has 0 saturated carbocycles. The molecule has 0 aliphatic heterocycles. The van der Waals surface area contributed by atoms with Crippen molar-refractivity contribution in [2.75, 3.05) is 18.2 Å². The number of anilines is 1. The second kappa shape index (κ2) is 15.6. The van der Waals surface area contributed by atoms with E-state index in [0.717, 1.165) is 21.6 Å². The maximum absolute atomic E-state index is 13.5. The largest absolute Gasteiger partial charge is 0.496 e. The lowest BCUT2D eigenvalue weighted by Crippen LogP contribution is -2.30. The molecule has 1 aromatic heterocycles. The van der Waals surface area contributed by atoms with Crippen LogP contribution in [0.4, 0.5) is 5.69 Å². The molecule has 5 aromatic carbocycles. The summed E-state index contributed by atoms with van der Waals surface area (Å²) in [5.74, 6) is 0.885. The number of Topliss-reactive ketones (excluding diaryl/α,β-unsaturated/α-hetero) is 1. The van der Waals surface area contributed by atoms with Gasteiger partial charge in [-0.05, 0) is 71.8 Å². The summed E-state index contributed by atoms with van der Waals surface area (Å²) in [4.78, 5) is 40.3. The zero-order chi connectivity index (χ0) is 34.0. The molecule has 0 aliphatic carbocycles. The number of para-hydroxylation sites is 1. The lowest BCUT2D eigenvalue weighted by molar-refractivity contribution is -0.113. The molecule has 49 heavy (non-hydrogen) atoms. The minimum absolute atomic E-state index is 0.00268. The van der Waals surface area contributed by atoms with Crippen LogP contribution in [-0.2, 0) is 4.79 Å². The van der Waals surface area contributed by atoms with E-state index in [1.54, 1.807) is 55.6 Å². The molecule has 0 fully saturated rings. The van der Waals surface area contributed by atoms with Crippen molar-refractivity contribution in [3.63, 3.8) is 0 Å². The molecule has 242 valence electrons. The molecule has 0 atom stereocenters. The maximum Gasteiger partial charge on any atom is 0.272 e. The maximum atomic E-state index is 13.5. The Morgan fingerprint density at radius 1 is 0.694 bits per heavy atom. The Labute approximate surface area is 288 Å². The van der Waals surface area contributed by atoms with Crippen molar-refractivity contribution in [2.24, 2.45) is 0 Å². The number of nitrogens with one attached hydrogen (secondary N) is 2. The number of thioether (sulfide) groups is 1. The molecular weight excluding hydrogens is 633 g/mol. The highest BCUT2D eigenvalue weighted by atomic mass is 32.2. The summed E-state index contributed by atoms with van der Waals surface area (Å²) in [7, 11) is 1.58. The van der Waals surface area contributed by atoms with Crippen molar-refractivity contribution in [1.82, 2.24) is 5.32 Å². The van der Waals surface area contributed by atoms with Crippen molar-refractivity contribution in [2.45, 2.75) is 4.90 Å². The molecule has 7 nitrogen and oxygen atoms in total. The molecule has 1 heterocycles. The van der Waals surface area contributed by atoms with Gasteiger partial charge in [-0.3, -0.25) is 14.4 Å². The van der Waals surface area contributed by atoms with Crippen LogP contribution in [0.3, 0.4) is 0 Å². The van der Waals surface area contributed by atoms with E-state index >= 15 is 0 Å². The van der Waals surface area contributed by atoms with E-state index in [2.05, 4.69) is 10.6 Å². The van der Waals surface area contributed by atoms with Gasteiger partial charge in [0, 0.05) is 27.8 Å². The number of benzene rings is 5. The van der Waals surface area contributed by atoms with Gasteiger partial charge in [-0.2, -0.15) is 0 Å². The van der Waals surface area contributed by atoms with Gasteiger partial charge in [0.1, 0.15) is 23.0 Å². The molecular formula is C41H32N2O5S. The van der Waals surface area contributed by atoms with Gasteiger partial charge in [-0.25, -0.2) is 0 Å². The SMILES string of the molecule is COc1ccccc1-c1ccc(/C=C(/NC(=O)c2ccccc2)C(=O)Nc2ccc(SCC(=O)c3ccc(-c4ccccc4)cc3)cc2)o1. The first kappa shape index (κ1) is 32.8. The number of hydrogen-bond acceptors (Lipinski definition) is 6. The fourth-order valence-corrected chi connectivity index (χ4v) is 5.85. The van der Waals surface area contributed by atoms with Gasteiger partial charge in [-0.15, -0.1) is 11.8 Å². The van der Waals surface area contributed by atoms with Crippen LogP contribution in [0, 0.1) is 0 Å². The zero-order valence-corrected chi connectivity index (χ0v) is 27.4. The third-order valence-corrected chi connectivity index (χ3v) is 8.62. The van der Waals surface area contributed by atoms with Gasteiger partial charge in [-0.1, -0.05) is 84.9 Å². The van der Waals surface area contributed by atoms with Crippen LogP contribution >= 0.6 is 11.8 Å². The molecule has 2 N–H and O–H groups in total. The van der Waals surface area contributed by atoms with Gasteiger partial charge < -0.3 is 19.8 Å². The standard InChI is InChI=1S/C41H32N2O5S/c1-47-38-15-9-8-14-35(38)39-25-22-33(48-39)26-36(43-40(45)31-12-6-3-7-13-31)41(46)42-32-20-23-34(24-21-32)49-27-37(44)30-18-16-29(17-19-30)28-10-4-2-5-11-28/h2-26H,27H2,1H3,(H,42,46)(H,43,45)/b36-26+. The number of methoxy groups -OCH3 is 1. The number of rotatable bonds is 12. The fraction of sp³-hybridized carbons (Fsp3) is 0.0488. The monoisotopic (exact) mass is 664 g/mol. The number of carbonyl (C=O) groups excluding carboxylic acids is 3. The van der Waals surface area contributed by atoms with Crippen LogP contribution in [0.2, 0.25) is 0 Å². The Hall–Kier alpha value is -6.12. The van der Waals surface area contributed by atoms with Crippen molar-refractivity contribution < 1.29 is 23.5 Å².